The molecule has 0 unspecified atom stereocenters. The van der Waals surface area contributed by atoms with Gasteiger partial charge in [-0.1, -0.05) is 0 Å². The van der Waals surface area contributed by atoms with Crippen molar-refractivity contribution in [3.8, 4) is 5.75 Å². The van der Waals surface area contributed by atoms with E-state index in [1.807, 2.05) is 20.8 Å². The Hall–Kier alpha value is -1.58. The third-order valence-electron chi connectivity index (χ3n) is 1.91. The van der Waals surface area contributed by atoms with Crippen LogP contribution in [0, 0.1) is 0 Å². The molecule has 1 aromatic heterocycles. The van der Waals surface area contributed by atoms with Crippen LogP contribution in [-0.2, 0) is 5.54 Å². The minimum Gasteiger partial charge on any atom is -0.503 e. The zero-order chi connectivity index (χ0) is 10.9. The van der Waals surface area contributed by atoms with Crippen molar-refractivity contribution in [2.45, 2.75) is 26.3 Å². The molecule has 4 nitrogen and oxygen atoms in total. The second-order valence-corrected chi connectivity index (χ2v) is 4.23. The van der Waals surface area contributed by atoms with E-state index in [1.165, 1.54) is 6.07 Å². The van der Waals surface area contributed by atoms with Crippen molar-refractivity contribution in [1.29, 1.82) is 0 Å². The molecule has 0 atom stereocenters. The maximum Gasteiger partial charge on any atom is 0.254 e. The summed E-state index contributed by atoms with van der Waals surface area (Å²) < 4.78 is 1.75. The number of aromatic hydroxyl groups is 1. The van der Waals surface area contributed by atoms with Crippen molar-refractivity contribution in [3.05, 3.63) is 24.0 Å². The topological polar surface area (TPSA) is 67.2 Å². The molecule has 76 valence electrons. The molecule has 0 radical (unpaired) electrons. The van der Waals surface area contributed by atoms with Gasteiger partial charge in [0.25, 0.3) is 5.91 Å². The van der Waals surface area contributed by atoms with Crippen LogP contribution in [0.4, 0.5) is 0 Å². The fourth-order valence-corrected chi connectivity index (χ4v) is 1.09. The Bertz CT molecular complexity index is 367. The molecule has 14 heavy (non-hydrogen) atoms. The van der Waals surface area contributed by atoms with E-state index in [-0.39, 0.29) is 11.3 Å². The van der Waals surface area contributed by atoms with Crippen LogP contribution < -0.4 is 10.3 Å². The van der Waals surface area contributed by atoms with Crippen molar-refractivity contribution in [2.24, 2.45) is 5.73 Å². The van der Waals surface area contributed by atoms with Crippen LogP contribution in [0.25, 0.3) is 0 Å². The van der Waals surface area contributed by atoms with Gasteiger partial charge in [-0.3, -0.25) is 4.79 Å². The smallest absolute Gasteiger partial charge is 0.254 e. The molecule has 3 N–H and O–H groups in total. The second-order valence-electron chi connectivity index (χ2n) is 4.23. The summed E-state index contributed by atoms with van der Waals surface area (Å²) in [6.45, 7) is 5.91. The molecular weight excluding hydrogens is 180 g/mol. The van der Waals surface area contributed by atoms with Crippen molar-refractivity contribution in [3.63, 3.8) is 0 Å². The normalized spacial score (nSPS) is 11.4. The first kappa shape index (κ1) is 10.5. The number of primary amides is 1. The molecule has 1 aromatic rings. The van der Waals surface area contributed by atoms with E-state index < -0.39 is 5.91 Å². The van der Waals surface area contributed by atoms with Crippen molar-refractivity contribution in [2.75, 3.05) is 0 Å². The van der Waals surface area contributed by atoms with Gasteiger partial charge in [0.05, 0.1) is 0 Å². The van der Waals surface area contributed by atoms with Gasteiger partial charge in [-0.05, 0) is 0 Å². The summed E-state index contributed by atoms with van der Waals surface area (Å²) in [5.74, 6) is -0.505. The van der Waals surface area contributed by atoms with Crippen LogP contribution in [0.5, 0.6) is 5.75 Å². The maximum absolute atomic E-state index is 10.9. The molecule has 1 amide bonds. The molecule has 0 spiro atoms. The number of carbonyl (C=O) groups excluding carboxylic acids is 1. The predicted octanol–water partition coefficient (Wildman–Crippen LogP) is 0.534. The summed E-state index contributed by atoms with van der Waals surface area (Å²) >= 11 is 0. The van der Waals surface area contributed by atoms with Gasteiger partial charge in [0, 0.05) is 26.8 Å². The van der Waals surface area contributed by atoms with Gasteiger partial charge >= 0.3 is 0 Å². The van der Waals surface area contributed by atoms with Crippen LogP contribution in [-0.4, -0.2) is 11.0 Å². The standard InChI is InChI=1S/C10H14N2O2/c1-10(2,3)12-5-7(9(11)14)4-8(13)6-12/h4-6H,1-3H3,(H2-,11,13,14)/p+1. The number of nitrogens with two attached hydrogens (primary N) is 1. The van der Waals surface area contributed by atoms with Crippen molar-refractivity contribution >= 4 is 5.91 Å². The number of amides is 1. The largest absolute Gasteiger partial charge is 0.503 e. The average Bonchev–Trinajstić information content (AvgIpc) is 2.01. The SMILES string of the molecule is CC(C)(C)[n+]1cc(O)cc(C(N)=O)c1. The third-order valence-corrected chi connectivity index (χ3v) is 1.91. The monoisotopic (exact) mass is 195 g/mol. The number of hydrogen-bond acceptors (Lipinski definition) is 2. The van der Waals surface area contributed by atoms with Gasteiger partial charge < -0.3 is 10.8 Å². The van der Waals surface area contributed by atoms with Gasteiger partial charge in [-0.25, -0.2) is 0 Å². The van der Waals surface area contributed by atoms with Gasteiger partial charge in [0.15, 0.2) is 17.5 Å². The zero-order valence-corrected chi connectivity index (χ0v) is 8.61. The Morgan fingerprint density at radius 2 is 2.00 bits per heavy atom. The lowest BCUT2D eigenvalue weighted by molar-refractivity contribution is -0.754. The van der Waals surface area contributed by atoms with Crippen molar-refractivity contribution in [1.82, 2.24) is 0 Å². The zero-order valence-electron chi connectivity index (χ0n) is 8.61. The summed E-state index contributed by atoms with van der Waals surface area (Å²) in [7, 11) is 0. The molecular formula is C10H15N2O2+. The average molecular weight is 195 g/mol. The van der Waals surface area contributed by atoms with E-state index in [2.05, 4.69) is 0 Å². The minimum absolute atomic E-state index is 0.0382. The molecule has 0 saturated carbocycles. The number of nitrogens with zero attached hydrogens (tertiary/aromatic N) is 1. The molecule has 4 heteroatoms. The third kappa shape index (κ3) is 2.22. The van der Waals surface area contributed by atoms with E-state index in [1.54, 1.807) is 17.0 Å². The Kier molecular flexibility index (Phi) is 2.47. The first-order valence-electron chi connectivity index (χ1n) is 4.36. The lowest BCUT2D eigenvalue weighted by atomic mass is 10.1. The van der Waals surface area contributed by atoms with Gasteiger partial charge in [0.2, 0.25) is 6.20 Å². The van der Waals surface area contributed by atoms with Crippen LogP contribution in [0.2, 0.25) is 0 Å². The van der Waals surface area contributed by atoms with Crippen molar-refractivity contribution < 1.29 is 14.5 Å². The Morgan fingerprint density at radius 1 is 1.43 bits per heavy atom. The summed E-state index contributed by atoms with van der Waals surface area (Å²) in [5.41, 5.74) is 5.25. The molecule has 0 bridgehead atoms. The molecule has 0 saturated heterocycles. The number of pyridine rings is 1. The van der Waals surface area contributed by atoms with Gasteiger partial charge in [-0.2, -0.15) is 4.57 Å². The highest BCUT2D eigenvalue weighted by Gasteiger charge is 2.23. The summed E-state index contributed by atoms with van der Waals surface area (Å²) in [6.07, 6.45) is 3.19. The van der Waals surface area contributed by atoms with E-state index >= 15 is 0 Å². The Labute approximate surface area is 83.0 Å². The fourth-order valence-electron chi connectivity index (χ4n) is 1.09. The number of aromatic nitrogens is 1. The van der Waals surface area contributed by atoms with Crippen LogP contribution in [0.3, 0.4) is 0 Å². The lowest BCUT2D eigenvalue weighted by Crippen LogP contribution is -2.50. The molecule has 1 rings (SSSR count). The first-order chi connectivity index (χ1) is 6.30. The quantitative estimate of drug-likeness (QED) is 0.642. The lowest BCUT2D eigenvalue weighted by Gasteiger charge is -2.13. The van der Waals surface area contributed by atoms with E-state index in [0.717, 1.165) is 0 Å². The first-order valence-corrected chi connectivity index (χ1v) is 4.36. The van der Waals surface area contributed by atoms with Crippen LogP contribution in [0.1, 0.15) is 31.1 Å². The highest BCUT2D eigenvalue weighted by molar-refractivity contribution is 5.92. The molecule has 0 aliphatic heterocycles. The second kappa shape index (κ2) is 3.29. The van der Waals surface area contributed by atoms with Gasteiger partial charge in [-0.15, -0.1) is 0 Å². The summed E-state index contributed by atoms with van der Waals surface area (Å²) in [4.78, 5) is 10.9. The fraction of sp³-hybridized carbons (Fsp3) is 0.400. The minimum atomic E-state index is -0.543. The Morgan fingerprint density at radius 3 is 2.43 bits per heavy atom. The summed E-state index contributed by atoms with van der Waals surface area (Å²) in [5, 5.41) is 9.38. The highest BCUT2D eigenvalue weighted by Crippen LogP contribution is 2.11. The predicted molar refractivity (Wildman–Crippen MR) is 51.8 cm³/mol. The number of carbonyl (C=O) groups is 1. The summed E-state index contributed by atoms with van der Waals surface area (Å²) in [6, 6.07) is 1.35. The van der Waals surface area contributed by atoms with Crippen LogP contribution >= 0.6 is 0 Å². The molecule has 0 fully saturated rings. The molecule has 1 heterocycles. The Balaban J connectivity index is 3.28. The van der Waals surface area contributed by atoms with E-state index in [4.69, 9.17) is 5.73 Å². The van der Waals surface area contributed by atoms with E-state index in [9.17, 15) is 9.90 Å². The maximum atomic E-state index is 10.9. The number of rotatable bonds is 1. The number of hydrogen-bond donors (Lipinski definition) is 2. The highest BCUT2D eigenvalue weighted by atomic mass is 16.3. The van der Waals surface area contributed by atoms with Gasteiger partial charge in [0.1, 0.15) is 5.56 Å². The van der Waals surface area contributed by atoms with Crippen LogP contribution in [0.15, 0.2) is 18.5 Å². The molecule has 0 aliphatic rings. The van der Waals surface area contributed by atoms with E-state index in [0.29, 0.717) is 5.56 Å². The molecule has 0 aliphatic carbocycles. The molecule has 0 aromatic carbocycles.